The number of halogens is 2. The summed E-state index contributed by atoms with van der Waals surface area (Å²) < 4.78 is 0.858. The van der Waals surface area contributed by atoms with Crippen molar-refractivity contribution in [3.05, 3.63) is 21.1 Å². The van der Waals surface area contributed by atoms with Gasteiger partial charge in [-0.3, -0.25) is 0 Å². The fourth-order valence-electron chi connectivity index (χ4n) is 3.52. The highest BCUT2D eigenvalue weighted by Gasteiger charge is 2.40. The lowest BCUT2D eigenvalue weighted by Gasteiger charge is -2.35. The van der Waals surface area contributed by atoms with Crippen LogP contribution in [0.15, 0.2) is 4.47 Å². The van der Waals surface area contributed by atoms with Crippen molar-refractivity contribution in [3.63, 3.8) is 0 Å². The lowest BCUT2D eigenvalue weighted by molar-refractivity contribution is 0.158. The van der Waals surface area contributed by atoms with E-state index in [9.17, 15) is 0 Å². The lowest BCUT2D eigenvalue weighted by Crippen LogP contribution is -2.39. The van der Waals surface area contributed by atoms with Gasteiger partial charge in [0.05, 0.1) is 10.2 Å². The Morgan fingerprint density at radius 1 is 1.26 bits per heavy atom. The van der Waals surface area contributed by atoms with Crippen LogP contribution in [0, 0.1) is 0 Å². The van der Waals surface area contributed by atoms with Crippen LogP contribution in [-0.2, 0) is 6.42 Å². The van der Waals surface area contributed by atoms with E-state index >= 15 is 0 Å². The van der Waals surface area contributed by atoms with Crippen molar-refractivity contribution in [1.82, 2.24) is 14.9 Å². The maximum atomic E-state index is 6.23. The van der Waals surface area contributed by atoms with Crippen molar-refractivity contribution in [2.24, 2.45) is 0 Å². The number of hydrogen-bond acceptors (Lipinski definition) is 3. The van der Waals surface area contributed by atoms with E-state index in [4.69, 9.17) is 16.6 Å². The first-order valence-electron chi connectivity index (χ1n) is 7.03. The summed E-state index contributed by atoms with van der Waals surface area (Å²) in [5, 5.41) is 0.563. The maximum absolute atomic E-state index is 6.23. The molecule has 0 aliphatic carbocycles. The molecule has 2 aliphatic heterocycles. The summed E-state index contributed by atoms with van der Waals surface area (Å²) in [4.78, 5) is 11.8. The summed E-state index contributed by atoms with van der Waals surface area (Å²) in [5.41, 5.74) is 1.03. The van der Waals surface area contributed by atoms with Gasteiger partial charge in [-0.15, -0.1) is 0 Å². The summed E-state index contributed by atoms with van der Waals surface area (Å²) in [6, 6.07) is 1.42. The largest absolute Gasteiger partial charge is 0.300 e. The minimum atomic E-state index is 0.476. The van der Waals surface area contributed by atoms with Crippen molar-refractivity contribution >= 4 is 27.5 Å². The summed E-state index contributed by atoms with van der Waals surface area (Å²) in [7, 11) is 2.26. The van der Waals surface area contributed by atoms with Crippen molar-refractivity contribution in [2.75, 3.05) is 7.05 Å². The zero-order chi connectivity index (χ0) is 13.6. The summed E-state index contributed by atoms with van der Waals surface area (Å²) in [6.45, 7) is 2.10. The monoisotopic (exact) mass is 343 g/mol. The molecule has 0 N–H and O–H groups in total. The van der Waals surface area contributed by atoms with Crippen molar-refractivity contribution in [1.29, 1.82) is 0 Å². The Morgan fingerprint density at radius 3 is 2.47 bits per heavy atom. The first-order valence-corrected chi connectivity index (χ1v) is 8.21. The molecule has 0 radical (unpaired) electrons. The minimum absolute atomic E-state index is 0.476. The summed E-state index contributed by atoms with van der Waals surface area (Å²) in [6.07, 6.45) is 5.88. The standard InChI is InChI=1S/C14H19BrClN3/c1-3-11-12(15)13(16)18-14(17-11)8-6-9-4-5-10(7-8)19(9)2/h8-10H,3-7H2,1-2H3. The molecule has 3 heterocycles. The molecular weight excluding hydrogens is 326 g/mol. The molecule has 3 rings (SSSR count). The van der Waals surface area contributed by atoms with Gasteiger partial charge in [-0.1, -0.05) is 18.5 Å². The number of aryl methyl sites for hydroxylation is 1. The number of hydrogen-bond donors (Lipinski definition) is 0. The average Bonchev–Trinajstić information content (AvgIpc) is 2.64. The van der Waals surface area contributed by atoms with Crippen molar-refractivity contribution in [2.45, 2.75) is 57.0 Å². The van der Waals surface area contributed by atoms with Gasteiger partial charge in [-0.25, -0.2) is 9.97 Å². The number of aromatic nitrogens is 2. The molecular formula is C14H19BrClN3. The van der Waals surface area contributed by atoms with Crippen LogP contribution < -0.4 is 0 Å². The quantitative estimate of drug-likeness (QED) is 0.764. The molecule has 1 aromatic rings. The third-order valence-electron chi connectivity index (χ3n) is 4.69. The van der Waals surface area contributed by atoms with E-state index in [2.05, 4.69) is 39.8 Å². The molecule has 5 heteroatoms. The molecule has 2 bridgehead atoms. The van der Waals surface area contributed by atoms with E-state index in [0.29, 0.717) is 23.2 Å². The predicted molar refractivity (Wildman–Crippen MR) is 80.7 cm³/mol. The SMILES string of the molecule is CCc1nc(C2CC3CCC(C2)N3C)nc(Cl)c1Br. The molecule has 0 amide bonds. The Labute approximate surface area is 127 Å². The molecule has 2 saturated heterocycles. The van der Waals surface area contributed by atoms with Gasteiger partial charge in [0.2, 0.25) is 0 Å². The molecule has 2 atom stereocenters. The fourth-order valence-corrected chi connectivity index (χ4v) is 4.17. The second kappa shape index (κ2) is 5.30. The van der Waals surface area contributed by atoms with E-state index in [1.54, 1.807) is 0 Å². The van der Waals surface area contributed by atoms with Crippen LogP contribution in [-0.4, -0.2) is 34.0 Å². The highest BCUT2D eigenvalue weighted by atomic mass is 79.9. The Morgan fingerprint density at radius 2 is 1.89 bits per heavy atom. The Bertz CT molecular complexity index is 480. The van der Waals surface area contributed by atoms with Crippen molar-refractivity contribution < 1.29 is 0 Å². The predicted octanol–water partition coefficient (Wildman–Crippen LogP) is 3.80. The normalized spacial score (nSPS) is 30.8. The van der Waals surface area contributed by atoms with Crippen LogP contribution in [0.3, 0.4) is 0 Å². The third-order valence-corrected chi connectivity index (χ3v) is 6.03. The van der Waals surface area contributed by atoms with Gasteiger partial charge < -0.3 is 4.90 Å². The minimum Gasteiger partial charge on any atom is -0.300 e. The summed E-state index contributed by atoms with van der Waals surface area (Å²) >= 11 is 9.70. The van der Waals surface area contributed by atoms with Crippen LogP contribution in [0.4, 0.5) is 0 Å². The molecule has 2 unspecified atom stereocenters. The van der Waals surface area contributed by atoms with Gasteiger partial charge in [0.25, 0.3) is 0 Å². The molecule has 0 spiro atoms. The molecule has 104 valence electrons. The first-order chi connectivity index (χ1) is 9.10. The van der Waals surface area contributed by atoms with E-state index in [-0.39, 0.29) is 0 Å². The topological polar surface area (TPSA) is 29.0 Å². The van der Waals surface area contributed by atoms with Gasteiger partial charge in [0.15, 0.2) is 0 Å². The highest BCUT2D eigenvalue weighted by molar-refractivity contribution is 9.10. The summed E-state index contributed by atoms with van der Waals surface area (Å²) in [5.74, 6) is 1.43. The number of piperidine rings is 1. The lowest BCUT2D eigenvalue weighted by atomic mass is 9.90. The molecule has 1 aromatic heterocycles. The van der Waals surface area contributed by atoms with Gasteiger partial charge in [-0.05, 0) is 55.1 Å². The van der Waals surface area contributed by atoms with Crippen LogP contribution in [0.25, 0.3) is 0 Å². The average molecular weight is 345 g/mol. The van der Waals surface area contributed by atoms with Gasteiger partial charge >= 0.3 is 0 Å². The molecule has 2 fully saturated rings. The van der Waals surface area contributed by atoms with E-state index in [0.717, 1.165) is 22.4 Å². The van der Waals surface area contributed by atoms with Crippen molar-refractivity contribution in [3.8, 4) is 0 Å². The third kappa shape index (κ3) is 2.43. The molecule has 0 aromatic carbocycles. The van der Waals surface area contributed by atoms with Gasteiger partial charge in [0.1, 0.15) is 11.0 Å². The zero-order valence-electron chi connectivity index (χ0n) is 11.4. The van der Waals surface area contributed by atoms with E-state index in [1.165, 1.54) is 25.7 Å². The molecule has 3 nitrogen and oxygen atoms in total. The Kier molecular flexibility index (Phi) is 3.84. The van der Waals surface area contributed by atoms with Gasteiger partial charge in [-0.2, -0.15) is 0 Å². The van der Waals surface area contributed by atoms with Crippen LogP contribution >= 0.6 is 27.5 Å². The second-order valence-electron chi connectivity index (χ2n) is 5.71. The number of nitrogens with zero attached hydrogens (tertiary/aromatic N) is 3. The number of fused-ring (bicyclic) bond motifs is 2. The fraction of sp³-hybridized carbons (Fsp3) is 0.714. The highest BCUT2D eigenvalue weighted by Crippen LogP contribution is 2.41. The van der Waals surface area contributed by atoms with Crippen LogP contribution in [0.1, 0.15) is 50.0 Å². The van der Waals surface area contributed by atoms with E-state index in [1.807, 2.05) is 0 Å². The molecule has 2 aliphatic rings. The van der Waals surface area contributed by atoms with E-state index < -0.39 is 0 Å². The van der Waals surface area contributed by atoms with Crippen LogP contribution in [0.5, 0.6) is 0 Å². The number of rotatable bonds is 2. The second-order valence-corrected chi connectivity index (χ2v) is 6.86. The van der Waals surface area contributed by atoms with Gasteiger partial charge in [0, 0.05) is 18.0 Å². The molecule has 19 heavy (non-hydrogen) atoms. The Hall–Kier alpha value is -0.190. The Balaban J connectivity index is 1.89. The first kappa shape index (κ1) is 13.8. The maximum Gasteiger partial charge on any atom is 0.147 e. The smallest absolute Gasteiger partial charge is 0.147 e. The molecule has 0 saturated carbocycles. The zero-order valence-corrected chi connectivity index (χ0v) is 13.7. The van der Waals surface area contributed by atoms with Crippen LogP contribution in [0.2, 0.25) is 5.15 Å².